The highest BCUT2D eigenvalue weighted by Crippen LogP contribution is 2.11. The van der Waals surface area contributed by atoms with E-state index in [1.165, 1.54) is 57.3 Å². The molecule has 2 nitrogen and oxygen atoms in total. The minimum Gasteiger partial charge on any atom is -0.234 e. The highest BCUT2D eigenvalue weighted by molar-refractivity contribution is 4.89. The molecule has 0 aromatic carbocycles. The number of hydrogen-bond donors (Lipinski definition) is 0. The topological polar surface area (TPSA) is 8.81 Å². The fourth-order valence-corrected chi connectivity index (χ4v) is 2.84. The van der Waals surface area contributed by atoms with Gasteiger partial charge >= 0.3 is 0 Å². The van der Waals surface area contributed by atoms with Gasteiger partial charge in [-0.3, -0.25) is 0 Å². The number of aromatic nitrogens is 2. The molecular formula is C17H33N2+. The molecule has 19 heavy (non-hydrogen) atoms. The molecule has 0 radical (unpaired) electrons. The third kappa shape index (κ3) is 5.38. The first-order valence-electron chi connectivity index (χ1n) is 8.29. The van der Waals surface area contributed by atoms with E-state index >= 15 is 0 Å². The van der Waals surface area contributed by atoms with Crippen LogP contribution in [0.25, 0.3) is 0 Å². The highest BCUT2D eigenvalue weighted by Gasteiger charge is 2.18. The molecule has 1 heterocycles. The van der Waals surface area contributed by atoms with Crippen LogP contribution < -0.4 is 4.57 Å². The van der Waals surface area contributed by atoms with Gasteiger partial charge in [0.2, 0.25) is 0 Å². The number of aryl methyl sites for hydroxylation is 2. The van der Waals surface area contributed by atoms with Gasteiger partial charge in [0, 0.05) is 0 Å². The molecule has 0 aliphatic rings. The van der Waals surface area contributed by atoms with Gasteiger partial charge in [-0.15, -0.1) is 0 Å². The van der Waals surface area contributed by atoms with E-state index in [1.54, 1.807) is 0 Å². The maximum atomic E-state index is 2.46. The second-order valence-electron chi connectivity index (χ2n) is 5.91. The van der Waals surface area contributed by atoms with Crippen molar-refractivity contribution in [3.63, 3.8) is 0 Å². The lowest BCUT2D eigenvalue weighted by Gasteiger charge is -2.07. The summed E-state index contributed by atoms with van der Waals surface area (Å²) in [4.78, 5) is 0. The molecule has 110 valence electrons. The zero-order valence-corrected chi connectivity index (χ0v) is 13.5. The van der Waals surface area contributed by atoms with Gasteiger partial charge in [-0.2, -0.15) is 0 Å². The van der Waals surface area contributed by atoms with Gasteiger partial charge in [-0.1, -0.05) is 52.9 Å². The summed E-state index contributed by atoms with van der Waals surface area (Å²) in [6.45, 7) is 11.4. The average Bonchev–Trinajstić information content (AvgIpc) is 2.81. The van der Waals surface area contributed by atoms with E-state index in [-0.39, 0.29) is 0 Å². The Morgan fingerprint density at radius 1 is 1.00 bits per heavy atom. The lowest BCUT2D eigenvalue weighted by Crippen LogP contribution is -2.38. The van der Waals surface area contributed by atoms with E-state index in [0.29, 0.717) is 5.92 Å². The van der Waals surface area contributed by atoms with Gasteiger partial charge in [0.1, 0.15) is 12.4 Å². The zero-order valence-electron chi connectivity index (χ0n) is 13.5. The monoisotopic (exact) mass is 265 g/mol. The van der Waals surface area contributed by atoms with Gasteiger partial charge in [0.05, 0.1) is 19.0 Å². The number of nitrogens with zero attached hydrogens (tertiary/aromatic N) is 2. The Labute approximate surface area is 119 Å². The quantitative estimate of drug-likeness (QED) is 0.429. The minimum atomic E-state index is 0.611. The van der Waals surface area contributed by atoms with Gasteiger partial charge in [0.25, 0.3) is 5.82 Å². The van der Waals surface area contributed by atoms with Crippen LogP contribution in [0.4, 0.5) is 0 Å². The van der Waals surface area contributed by atoms with Crippen molar-refractivity contribution in [2.24, 2.45) is 0 Å². The van der Waals surface area contributed by atoms with Crippen LogP contribution >= 0.6 is 0 Å². The molecule has 0 N–H and O–H groups in total. The van der Waals surface area contributed by atoms with E-state index in [2.05, 4.69) is 49.2 Å². The predicted molar refractivity (Wildman–Crippen MR) is 82.4 cm³/mol. The summed E-state index contributed by atoms with van der Waals surface area (Å²) < 4.78 is 4.84. The Morgan fingerprint density at radius 2 is 1.63 bits per heavy atom. The number of imidazole rings is 1. The molecule has 0 saturated carbocycles. The van der Waals surface area contributed by atoms with Gasteiger partial charge in [0.15, 0.2) is 0 Å². The maximum Gasteiger partial charge on any atom is 0.258 e. The van der Waals surface area contributed by atoms with E-state index in [4.69, 9.17) is 0 Å². The van der Waals surface area contributed by atoms with Crippen LogP contribution in [0.3, 0.4) is 0 Å². The minimum absolute atomic E-state index is 0.611. The molecular weight excluding hydrogens is 232 g/mol. The van der Waals surface area contributed by atoms with Crippen LogP contribution in [0.15, 0.2) is 12.4 Å². The third-order valence-corrected chi connectivity index (χ3v) is 3.87. The predicted octanol–water partition coefficient (Wildman–Crippen LogP) is 4.67. The first-order chi connectivity index (χ1) is 9.20. The first kappa shape index (κ1) is 16.3. The average molecular weight is 265 g/mol. The maximum absolute atomic E-state index is 2.46. The van der Waals surface area contributed by atoms with Crippen LogP contribution in [0.1, 0.15) is 84.4 Å². The van der Waals surface area contributed by atoms with Gasteiger partial charge in [-0.05, 0) is 19.8 Å². The molecule has 1 aromatic heterocycles. The molecule has 0 fully saturated rings. The summed E-state index contributed by atoms with van der Waals surface area (Å²) in [7, 11) is 0. The van der Waals surface area contributed by atoms with E-state index in [1.807, 2.05) is 0 Å². The molecule has 0 spiro atoms. The number of rotatable bonds is 10. The smallest absolute Gasteiger partial charge is 0.234 e. The van der Waals surface area contributed by atoms with E-state index < -0.39 is 0 Å². The summed E-state index contributed by atoms with van der Waals surface area (Å²) in [5.41, 5.74) is 0. The summed E-state index contributed by atoms with van der Waals surface area (Å²) in [6.07, 6.45) is 14.2. The number of unbranched alkanes of at least 4 members (excludes halogenated alkanes) is 6. The van der Waals surface area contributed by atoms with Crippen molar-refractivity contribution in [2.75, 3.05) is 0 Å². The van der Waals surface area contributed by atoms with Gasteiger partial charge < -0.3 is 0 Å². The molecule has 0 bridgehead atoms. The Balaban J connectivity index is 2.31. The second kappa shape index (κ2) is 9.17. The van der Waals surface area contributed by atoms with Crippen LogP contribution in [-0.2, 0) is 13.1 Å². The zero-order chi connectivity index (χ0) is 14.1. The Morgan fingerprint density at radius 3 is 2.21 bits per heavy atom. The third-order valence-electron chi connectivity index (χ3n) is 3.87. The van der Waals surface area contributed by atoms with Crippen LogP contribution in [0.2, 0.25) is 0 Å². The summed E-state index contributed by atoms with van der Waals surface area (Å²) in [6, 6.07) is 0. The van der Waals surface area contributed by atoms with Crippen molar-refractivity contribution in [3.8, 4) is 0 Å². The first-order valence-corrected chi connectivity index (χ1v) is 8.29. The van der Waals surface area contributed by atoms with Crippen LogP contribution in [-0.4, -0.2) is 4.57 Å². The van der Waals surface area contributed by atoms with Crippen molar-refractivity contribution >= 4 is 0 Å². The summed E-state index contributed by atoms with van der Waals surface area (Å²) in [5, 5.41) is 0. The molecule has 2 heteroatoms. The van der Waals surface area contributed by atoms with E-state index in [9.17, 15) is 0 Å². The fraction of sp³-hybridized carbons (Fsp3) is 0.824. The van der Waals surface area contributed by atoms with Crippen LogP contribution in [0.5, 0.6) is 0 Å². The molecule has 0 saturated heterocycles. The lowest BCUT2D eigenvalue weighted by molar-refractivity contribution is -0.705. The molecule has 1 aromatic rings. The standard InChI is InChI=1S/C17H33N2/c1-5-7-8-9-10-11-12-13-19-15-14-18(6-2)17(19)16(3)4/h14-16H,5-13H2,1-4H3/q+1. The molecule has 0 atom stereocenters. The Bertz CT molecular complexity index is 339. The summed E-state index contributed by atoms with van der Waals surface area (Å²) in [5.74, 6) is 2.09. The molecule has 0 amide bonds. The summed E-state index contributed by atoms with van der Waals surface area (Å²) >= 11 is 0. The molecule has 0 aliphatic heterocycles. The largest absolute Gasteiger partial charge is 0.258 e. The highest BCUT2D eigenvalue weighted by atomic mass is 15.1. The number of hydrogen-bond acceptors (Lipinski definition) is 0. The van der Waals surface area contributed by atoms with Crippen molar-refractivity contribution in [2.45, 2.75) is 91.6 Å². The van der Waals surface area contributed by atoms with Crippen molar-refractivity contribution in [3.05, 3.63) is 18.2 Å². The molecule has 1 rings (SSSR count). The van der Waals surface area contributed by atoms with Crippen LogP contribution in [0, 0.1) is 0 Å². The second-order valence-corrected chi connectivity index (χ2v) is 5.91. The van der Waals surface area contributed by atoms with Crippen molar-refractivity contribution < 1.29 is 4.57 Å². The van der Waals surface area contributed by atoms with Crippen molar-refractivity contribution in [1.29, 1.82) is 0 Å². The fourth-order valence-electron chi connectivity index (χ4n) is 2.84. The van der Waals surface area contributed by atoms with Gasteiger partial charge in [-0.25, -0.2) is 9.13 Å². The van der Waals surface area contributed by atoms with E-state index in [0.717, 1.165) is 6.54 Å². The molecule has 0 unspecified atom stereocenters. The normalized spacial score (nSPS) is 11.4. The Hall–Kier alpha value is -0.790. The van der Waals surface area contributed by atoms with Crippen molar-refractivity contribution in [1.82, 2.24) is 4.57 Å². The lowest BCUT2D eigenvalue weighted by atomic mass is 10.1. The molecule has 0 aliphatic carbocycles. The SMILES string of the molecule is CCCCCCCCC[n+]1ccn(CC)c1C(C)C. The Kier molecular flexibility index (Phi) is 7.85.